The predicted molar refractivity (Wildman–Crippen MR) is 45.8 cm³/mol. The van der Waals surface area contributed by atoms with Crippen LogP contribution in [0.4, 0.5) is 0 Å². The minimum absolute atomic E-state index is 0.561. The Kier molecular flexibility index (Phi) is 2.08. The van der Waals surface area contributed by atoms with Crippen molar-refractivity contribution in [3.8, 4) is 0 Å². The van der Waals surface area contributed by atoms with Gasteiger partial charge in [-0.05, 0) is 19.4 Å². The summed E-state index contributed by atoms with van der Waals surface area (Å²) in [7, 11) is 1.96. The zero-order valence-corrected chi connectivity index (χ0v) is 7.32. The van der Waals surface area contributed by atoms with E-state index in [0.29, 0.717) is 5.92 Å². The zero-order chi connectivity index (χ0) is 8.39. The highest BCUT2D eigenvalue weighted by Gasteiger charge is 2.18. The number of piperidine rings is 1. The molecule has 0 bridgehead atoms. The van der Waals surface area contributed by atoms with Gasteiger partial charge >= 0.3 is 0 Å². The van der Waals surface area contributed by atoms with Crippen molar-refractivity contribution in [1.82, 2.24) is 20.1 Å². The number of rotatable bonds is 1. The van der Waals surface area contributed by atoms with E-state index in [9.17, 15) is 0 Å². The highest BCUT2D eigenvalue weighted by Crippen LogP contribution is 2.19. The lowest BCUT2D eigenvalue weighted by Crippen LogP contribution is -2.29. The molecule has 1 aliphatic rings. The Labute approximate surface area is 72.0 Å². The van der Waals surface area contributed by atoms with Gasteiger partial charge < -0.3 is 5.32 Å². The van der Waals surface area contributed by atoms with Crippen molar-refractivity contribution in [1.29, 1.82) is 0 Å². The maximum absolute atomic E-state index is 4.25. The molecule has 66 valence electrons. The molecule has 1 aliphatic heterocycles. The Morgan fingerprint density at radius 1 is 1.67 bits per heavy atom. The molecule has 0 unspecified atom stereocenters. The second-order valence-electron chi connectivity index (χ2n) is 3.29. The third kappa shape index (κ3) is 1.34. The molecule has 0 amide bonds. The van der Waals surface area contributed by atoms with Crippen molar-refractivity contribution in [3.63, 3.8) is 0 Å². The summed E-state index contributed by atoms with van der Waals surface area (Å²) >= 11 is 0. The SMILES string of the molecule is Cn1ncnc1[C@H]1CCCNC1. The van der Waals surface area contributed by atoms with Crippen LogP contribution in [0.5, 0.6) is 0 Å². The molecule has 1 aromatic heterocycles. The standard InChI is InChI=1S/C8H14N4/c1-12-8(10-6-11-12)7-3-2-4-9-5-7/h6-7,9H,2-5H2,1H3/t7-/m0/s1. The number of hydrogen-bond acceptors (Lipinski definition) is 3. The van der Waals surface area contributed by atoms with Crippen molar-refractivity contribution < 1.29 is 0 Å². The second-order valence-corrected chi connectivity index (χ2v) is 3.29. The molecule has 1 aromatic rings. The summed E-state index contributed by atoms with van der Waals surface area (Å²) in [6.45, 7) is 2.20. The fourth-order valence-corrected chi connectivity index (χ4v) is 1.75. The molecule has 4 nitrogen and oxygen atoms in total. The molecule has 2 rings (SSSR count). The molecule has 1 saturated heterocycles. The van der Waals surface area contributed by atoms with Gasteiger partial charge in [-0.2, -0.15) is 5.10 Å². The van der Waals surface area contributed by atoms with Gasteiger partial charge in [-0.3, -0.25) is 4.68 Å². The van der Waals surface area contributed by atoms with E-state index in [1.807, 2.05) is 11.7 Å². The molecule has 2 heterocycles. The van der Waals surface area contributed by atoms with E-state index < -0.39 is 0 Å². The van der Waals surface area contributed by atoms with Crippen molar-refractivity contribution in [2.24, 2.45) is 7.05 Å². The van der Waals surface area contributed by atoms with E-state index in [4.69, 9.17) is 0 Å². The number of nitrogens with one attached hydrogen (secondary N) is 1. The van der Waals surface area contributed by atoms with Gasteiger partial charge in [-0.25, -0.2) is 4.98 Å². The molecular formula is C8H14N4. The molecule has 4 heteroatoms. The van der Waals surface area contributed by atoms with Gasteiger partial charge in [0.05, 0.1) is 0 Å². The Morgan fingerprint density at radius 3 is 3.17 bits per heavy atom. The highest BCUT2D eigenvalue weighted by atomic mass is 15.3. The van der Waals surface area contributed by atoms with Gasteiger partial charge in [0.15, 0.2) is 0 Å². The maximum atomic E-state index is 4.25. The van der Waals surface area contributed by atoms with Gasteiger partial charge in [0, 0.05) is 19.5 Å². The molecule has 0 spiro atoms. The zero-order valence-electron chi connectivity index (χ0n) is 7.32. The van der Waals surface area contributed by atoms with Crippen LogP contribution < -0.4 is 5.32 Å². The Bertz CT molecular complexity index is 249. The van der Waals surface area contributed by atoms with E-state index in [2.05, 4.69) is 15.4 Å². The third-order valence-electron chi connectivity index (χ3n) is 2.41. The number of nitrogens with zero attached hydrogens (tertiary/aromatic N) is 3. The molecule has 1 atom stereocenters. The van der Waals surface area contributed by atoms with E-state index in [1.54, 1.807) is 6.33 Å². The van der Waals surface area contributed by atoms with Crippen molar-refractivity contribution in [2.75, 3.05) is 13.1 Å². The highest BCUT2D eigenvalue weighted by molar-refractivity contribution is 4.97. The van der Waals surface area contributed by atoms with Gasteiger partial charge in [0.2, 0.25) is 0 Å². The molecule has 1 fully saturated rings. The van der Waals surface area contributed by atoms with Crippen molar-refractivity contribution in [2.45, 2.75) is 18.8 Å². The minimum Gasteiger partial charge on any atom is -0.316 e. The number of hydrogen-bond donors (Lipinski definition) is 1. The molecular weight excluding hydrogens is 152 g/mol. The maximum Gasteiger partial charge on any atom is 0.138 e. The Balaban J connectivity index is 2.13. The van der Waals surface area contributed by atoms with E-state index >= 15 is 0 Å². The van der Waals surface area contributed by atoms with E-state index in [-0.39, 0.29) is 0 Å². The van der Waals surface area contributed by atoms with Crippen LogP contribution in [-0.4, -0.2) is 27.9 Å². The number of aromatic nitrogens is 3. The summed E-state index contributed by atoms with van der Waals surface area (Å²) in [6, 6.07) is 0. The average Bonchev–Trinajstić information content (AvgIpc) is 2.53. The van der Waals surface area contributed by atoms with Crippen LogP contribution in [0.1, 0.15) is 24.6 Å². The minimum atomic E-state index is 0.561. The van der Waals surface area contributed by atoms with Crippen LogP contribution in [0.25, 0.3) is 0 Å². The Hall–Kier alpha value is -0.900. The molecule has 0 aromatic carbocycles. The summed E-state index contributed by atoms with van der Waals surface area (Å²) in [5.41, 5.74) is 0. The van der Waals surface area contributed by atoms with Crippen LogP contribution in [-0.2, 0) is 7.05 Å². The molecule has 0 aliphatic carbocycles. The lowest BCUT2D eigenvalue weighted by Gasteiger charge is -2.21. The summed E-state index contributed by atoms with van der Waals surface area (Å²) < 4.78 is 1.87. The lowest BCUT2D eigenvalue weighted by atomic mass is 9.99. The van der Waals surface area contributed by atoms with Crippen LogP contribution in [0.3, 0.4) is 0 Å². The second kappa shape index (κ2) is 3.23. The average molecular weight is 166 g/mol. The molecule has 12 heavy (non-hydrogen) atoms. The normalized spacial score (nSPS) is 24.2. The van der Waals surface area contributed by atoms with Gasteiger partial charge in [-0.15, -0.1) is 0 Å². The first-order valence-electron chi connectivity index (χ1n) is 4.42. The fourth-order valence-electron chi connectivity index (χ4n) is 1.75. The van der Waals surface area contributed by atoms with Crippen LogP contribution in [0, 0.1) is 0 Å². The van der Waals surface area contributed by atoms with E-state index in [0.717, 1.165) is 18.9 Å². The van der Waals surface area contributed by atoms with Crippen molar-refractivity contribution >= 4 is 0 Å². The summed E-state index contributed by atoms with van der Waals surface area (Å²) in [6.07, 6.45) is 4.11. The van der Waals surface area contributed by atoms with Crippen LogP contribution >= 0.6 is 0 Å². The summed E-state index contributed by atoms with van der Waals surface area (Å²) in [5.74, 6) is 1.67. The van der Waals surface area contributed by atoms with Gasteiger partial charge in [0.25, 0.3) is 0 Å². The first kappa shape index (κ1) is 7.73. The summed E-state index contributed by atoms with van der Waals surface area (Å²) in [4.78, 5) is 4.25. The fraction of sp³-hybridized carbons (Fsp3) is 0.750. The van der Waals surface area contributed by atoms with E-state index in [1.165, 1.54) is 12.8 Å². The topological polar surface area (TPSA) is 42.7 Å². The van der Waals surface area contributed by atoms with Crippen LogP contribution in [0.2, 0.25) is 0 Å². The summed E-state index contributed by atoms with van der Waals surface area (Å²) in [5, 5.41) is 7.44. The first-order chi connectivity index (χ1) is 5.88. The molecule has 0 radical (unpaired) electrons. The van der Waals surface area contributed by atoms with Gasteiger partial charge in [-0.1, -0.05) is 0 Å². The van der Waals surface area contributed by atoms with Crippen LogP contribution in [0.15, 0.2) is 6.33 Å². The third-order valence-corrected chi connectivity index (χ3v) is 2.41. The number of aryl methyl sites for hydroxylation is 1. The Morgan fingerprint density at radius 2 is 2.58 bits per heavy atom. The first-order valence-corrected chi connectivity index (χ1v) is 4.42. The van der Waals surface area contributed by atoms with Crippen molar-refractivity contribution in [3.05, 3.63) is 12.2 Å². The molecule has 1 N–H and O–H groups in total. The molecule has 0 saturated carbocycles. The lowest BCUT2D eigenvalue weighted by molar-refractivity contribution is 0.434. The quantitative estimate of drug-likeness (QED) is 0.651. The largest absolute Gasteiger partial charge is 0.316 e. The van der Waals surface area contributed by atoms with Gasteiger partial charge in [0.1, 0.15) is 12.2 Å². The predicted octanol–water partition coefficient (Wildman–Crippen LogP) is 0.282. The monoisotopic (exact) mass is 166 g/mol. The smallest absolute Gasteiger partial charge is 0.138 e.